The fraction of sp³-hybridized carbons (Fsp3) is 0.500. The number of ether oxygens (including phenoxy) is 3. The number of likely N-dealkylation sites (tertiary alicyclic amines) is 1. The topological polar surface area (TPSA) is 156 Å². The Morgan fingerprint density at radius 1 is 1.21 bits per heavy atom. The summed E-state index contributed by atoms with van der Waals surface area (Å²) < 4.78 is 44.6. The Balaban J connectivity index is 1.59. The molecule has 2 fully saturated rings. The van der Waals surface area contributed by atoms with Crippen LogP contribution in [0.25, 0.3) is 10.8 Å². The predicted octanol–water partition coefficient (Wildman–Crippen LogP) is 1.98. The molecule has 0 spiro atoms. The van der Waals surface area contributed by atoms with E-state index in [1.54, 1.807) is 40.1 Å². The van der Waals surface area contributed by atoms with Gasteiger partial charge in [-0.1, -0.05) is 6.08 Å². The third-order valence-electron chi connectivity index (χ3n) is 7.16. The molecule has 2 N–H and O–H groups in total. The smallest absolute Gasteiger partial charge is 0.411 e. The number of rotatable bonds is 9. The van der Waals surface area contributed by atoms with Crippen molar-refractivity contribution in [2.75, 3.05) is 27.7 Å². The lowest BCUT2D eigenvalue weighted by molar-refractivity contribution is -0.131. The summed E-state index contributed by atoms with van der Waals surface area (Å²) in [6.07, 6.45) is 1.94. The zero-order valence-corrected chi connectivity index (χ0v) is 25.4. The van der Waals surface area contributed by atoms with E-state index in [9.17, 15) is 22.8 Å². The van der Waals surface area contributed by atoms with Gasteiger partial charge in [-0.15, -0.1) is 6.58 Å². The Morgan fingerprint density at radius 2 is 1.93 bits per heavy atom. The van der Waals surface area contributed by atoms with E-state index in [1.165, 1.54) is 25.1 Å². The number of methoxy groups -OCH3 is 1. The SMILES string of the molecule is C=C[C@@H]1C[C@]1(NC(=O)C1C[C@@H](Oc2nccc3cc(OC)ccc23)CN1C(=O)OC(C)(C)C)C(=O)NS(=O)(=O)N(C)C. The van der Waals surface area contributed by atoms with E-state index in [0.717, 1.165) is 15.1 Å². The summed E-state index contributed by atoms with van der Waals surface area (Å²) in [7, 11) is 0.0139. The normalized spacial score (nSPS) is 23.8. The van der Waals surface area contributed by atoms with Crippen LogP contribution in [0.2, 0.25) is 0 Å². The highest BCUT2D eigenvalue weighted by Gasteiger charge is 2.61. The molecule has 1 saturated heterocycles. The Morgan fingerprint density at radius 3 is 2.52 bits per heavy atom. The molecule has 1 aromatic heterocycles. The van der Waals surface area contributed by atoms with E-state index in [2.05, 4.69) is 16.9 Å². The maximum Gasteiger partial charge on any atom is 0.411 e. The van der Waals surface area contributed by atoms with Gasteiger partial charge in [-0.2, -0.15) is 12.7 Å². The van der Waals surface area contributed by atoms with Gasteiger partial charge in [0.25, 0.3) is 5.91 Å². The lowest BCUT2D eigenvalue weighted by Gasteiger charge is -2.29. The van der Waals surface area contributed by atoms with Gasteiger partial charge in [0.05, 0.1) is 13.7 Å². The number of benzene rings is 1. The van der Waals surface area contributed by atoms with E-state index in [1.807, 2.05) is 22.9 Å². The van der Waals surface area contributed by atoms with Crippen molar-refractivity contribution in [3.8, 4) is 11.6 Å². The van der Waals surface area contributed by atoms with Crippen LogP contribution in [0.3, 0.4) is 0 Å². The van der Waals surface area contributed by atoms with E-state index in [-0.39, 0.29) is 19.4 Å². The van der Waals surface area contributed by atoms with Crippen molar-refractivity contribution in [3.63, 3.8) is 0 Å². The van der Waals surface area contributed by atoms with Crippen molar-refractivity contribution in [2.45, 2.75) is 56.9 Å². The molecule has 0 bridgehead atoms. The van der Waals surface area contributed by atoms with Gasteiger partial charge in [-0.3, -0.25) is 14.5 Å². The first kappa shape index (κ1) is 31.0. The van der Waals surface area contributed by atoms with Gasteiger partial charge in [0.15, 0.2) is 0 Å². The highest BCUT2D eigenvalue weighted by atomic mass is 32.2. The lowest BCUT2D eigenvalue weighted by Crippen LogP contribution is -2.57. The molecule has 228 valence electrons. The summed E-state index contributed by atoms with van der Waals surface area (Å²) in [5.41, 5.74) is -2.37. The molecule has 13 nitrogen and oxygen atoms in total. The van der Waals surface area contributed by atoms with Gasteiger partial charge in [0.1, 0.15) is 29.0 Å². The second-order valence-corrected chi connectivity index (χ2v) is 13.4. The summed E-state index contributed by atoms with van der Waals surface area (Å²) >= 11 is 0. The third kappa shape index (κ3) is 6.44. The van der Waals surface area contributed by atoms with Crippen LogP contribution in [0, 0.1) is 5.92 Å². The Kier molecular flexibility index (Phi) is 8.43. The average Bonchev–Trinajstić information content (AvgIpc) is 3.46. The van der Waals surface area contributed by atoms with Gasteiger partial charge >= 0.3 is 16.3 Å². The summed E-state index contributed by atoms with van der Waals surface area (Å²) in [6.45, 7) is 8.85. The minimum absolute atomic E-state index is 0.0142. The first-order valence-corrected chi connectivity index (χ1v) is 14.8. The number of nitrogens with one attached hydrogen (secondary N) is 2. The van der Waals surface area contributed by atoms with Crippen LogP contribution in [-0.2, 0) is 24.5 Å². The highest BCUT2D eigenvalue weighted by molar-refractivity contribution is 7.87. The second kappa shape index (κ2) is 11.4. The molecule has 4 rings (SSSR count). The van der Waals surface area contributed by atoms with Gasteiger partial charge in [0, 0.05) is 38.0 Å². The average molecular weight is 604 g/mol. The summed E-state index contributed by atoms with van der Waals surface area (Å²) in [6, 6.07) is 6.18. The van der Waals surface area contributed by atoms with Crippen LogP contribution in [0.5, 0.6) is 11.6 Å². The lowest BCUT2D eigenvalue weighted by atomic mass is 10.1. The Bertz CT molecular complexity index is 1510. The molecule has 42 heavy (non-hydrogen) atoms. The fourth-order valence-corrected chi connectivity index (χ4v) is 5.40. The number of aromatic nitrogens is 1. The van der Waals surface area contributed by atoms with Gasteiger partial charge < -0.3 is 19.5 Å². The predicted molar refractivity (Wildman–Crippen MR) is 154 cm³/mol. The largest absolute Gasteiger partial charge is 0.497 e. The van der Waals surface area contributed by atoms with Crippen LogP contribution in [0.4, 0.5) is 4.79 Å². The molecule has 3 amide bonds. The standard InChI is InChI=1S/C28H37N5O8S/c1-8-18-15-28(18,25(35)31-42(37,38)32(5)6)30-23(34)22-14-20(16-33(22)26(36)41-27(2,3)4)40-24-21-10-9-19(39-7)13-17(21)11-12-29-24/h8-13,18,20,22H,1,14-16H2,2-7H3,(H,30,34)(H,31,35)/t18-,20-,22?,28-/m1/s1. The van der Waals surface area contributed by atoms with Gasteiger partial charge in [0.2, 0.25) is 11.8 Å². The quantitative estimate of drug-likeness (QED) is 0.409. The van der Waals surface area contributed by atoms with E-state index >= 15 is 0 Å². The number of amides is 3. The fourth-order valence-electron chi connectivity index (χ4n) is 4.80. The maximum absolute atomic E-state index is 13.7. The Hall–Kier alpha value is -3.91. The van der Waals surface area contributed by atoms with Crippen LogP contribution in [0.1, 0.15) is 33.6 Å². The first-order valence-electron chi connectivity index (χ1n) is 13.4. The number of carbonyl (C=O) groups is 3. The van der Waals surface area contributed by atoms with Crippen molar-refractivity contribution >= 4 is 38.9 Å². The zero-order valence-electron chi connectivity index (χ0n) is 24.5. The molecule has 1 aliphatic carbocycles. The highest BCUT2D eigenvalue weighted by Crippen LogP contribution is 2.45. The molecule has 1 aromatic carbocycles. The van der Waals surface area contributed by atoms with Crippen molar-refractivity contribution in [1.29, 1.82) is 0 Å². The number of pyridine rings is 1. The van der Waals surface area contributed by atoms with Crippen molar-refractivity contribution in [2.24, 2.45) is 5.92 Å². The van der Waals surface area contributed by atoms with Gasteiger partial charge in [-0.25, -0.2) is 14.5 Å². The Labute approximate surface area is 245 Å². The molecule has 1 saturated carbocycles. The molecule has 0 radical (unpaired) electrons. The molecule has 1 unspecified atom stereocenters. The number of hydrogen-bond acceptors (Lipinski definition) is 9. The molecule has 14 heteroatoms. The third-order valence-corrected chi connectivity index (χ3v) is 8.56. The van der Waals surface area contributed by atoms with Gasteiger partial charge in [-0.05, 0) is 56.8 Å². The first-order chi connectivity index (χ1) is 19.6. The van der Waals surface area contributed by atoms with Crippen molar-refractivity contribution in [3.05, 3.63) is 43.1 Å². The zero-order chi connectivity index (χ0) is 31.0. The molecular weight excluding hydrogens is 566 g/mol. The minimum atomic E-state index is -4.11. The van der Waals surface area contributed by atoms with E-state index < -0.39 is 57.3 Å². The van der Waals surface area contributed by atoms with E-state index in [4.69, 9.17) is 14.2 Å². The van der Waals surface area contributed by atoms with Crippen molar-refractivity contribution in [1.82, 2.24) is 24.2 Å². The van der Waals surface area contributed by atoms with Crippen LogP contribution in [0.15, 0.2) is 43.1 Å². The van der Waals surface area contributed by atoms with E-state index in [0.29, 0.717) is 11.6 Å². The summed E-state index contributed by atoms with van der Waals surface area (Å²) in [5, 5.41) is 4.26. The van der Waals surface area contributed by atoms with Crippen LogP contribution < -0.4 is 19.5 Å². The number of fused-ring (bicyclic) bond motifs is 1. The number of carbonyl (C=O) groups excluding carboxylic acids is 3. The summed E-state index contributed by atoms with van der Waals surface area (Å²) in [5.74, 6) is -1.05. The number of hydrogen-bond donors (Lipinski definition) is 2. The second-order valence-electron chi connectivity index (χ2n) is 11.6. The minimum Gasteiger partial charge on any atom is -0.497 e. The molecule has 2 aliphatic rings. The van der Waals surface area contributed by atoms with Crippen molar-refractivity contribution < 1.29 is 37.0 Å². The molecule has 2 aromatic rings. The monoisotopic (exact) mass is 603 g/mol. The molecule has 2 heterocycles. The molecule has 1 aliphatic heterocycles. The molecule has 4 atom stereocenters. The maximum atomic E-state index is 13.7. The molecular formula is C28H37N5O8S. The van der Waals surface area contributed by atoms with Crippen LogP contribution in [-0.4, -0.2) is 91.6 Å². The number of nitrogens with zero attached hydrogens (tertiary/aromatic N) is 3. The van der Waals surface area contributed by atoms with Crippen LogP contribution >= 0.6 is 0 Å². The summed E-state index contributed by atoms with van der Waals surface area (Å²) in [4.78, 5) is 45.7.